The van der Waals surface area contributed by atoms with E-state index in [2.05, 4.69) is 17.1 Å². The highest BCUT2D eigenvalue weighted by Gasteiger charge is 2.49. The lowest BCUT2D eigenvalue weighted by molar-refractivity contribution is -0.135. The van der Waals surface area contributed by atoms with Gasteiger partial charge < -0.3 is 19.9 Å². The van der Waals surface area contributed by atoms with Crippen LogP contribution in [-0.4, -0.2) is 60.9 Å². The Kier molecular flexibility index (Phi) is 5.58. The lowest BCUT2D eigenvalue weighted by Gasteiger charge is -2.34. The van der Waals surface area contributed by atoms with E-state index < -0.39 is 0 Å². The summed E-state index contributed by atoms with van der Waals surface area (Å²) in [6, 6.07) is 7.40. The molecule has 0 radical (unpaired) electrons. The van der Waals surface area contributed by atoms with Gasteiger partial charge in [-0.3, -0.25) is 9.59 Å². The van der Waals surface area contributed by atoms with Gasteiger partial charge in [-0.25, -0.2) is 0 Å². The molecular weight excluding hydrogens is 318 g/mol. The molecule has 2 amide bonds. The van der Waals surface area contributed by atoms with Crippen molar-refractivity contribution in [3.63, 3.8) is 0 Å². The minimum atomic E-state index is -0.216. The second-order valence-corrected chi connectivity index (χ2v) is 6.63. The summed E-state index contributed by atoms with van der Waals surface area (Å²) in [4.78, 5) is 29.3. The number of para-hydroxylation sites is 2. The van der Waals surface area contributed by atoms with Crippen molar-refractivity contribution in [2.24, 2.45) is 11.8 Å². The quantitative estimate of drug-likeness (QED) is 0.854. The van der Waals surface area contributed by atoms with Gasteiger partial charge in [0.15, 0.2) is 0 Å². The average molecular weight is 345 g/mol. The summed E-state index contributed by atoms with van der Waals surface area (Å²) in [5.74, 6) is 0.336. The van der Waals surface area contributed by atoms with Crippen LogP contribution in [0, 0.1) is 11.8 Å². The fraction of sp³-hybridized carbons (Fsp3) is 0.579. The van der Waals surface area contributed by atoms with Crippen molar-refractivity contribution < 1.29 is 14.3 Å². The summed E-state index contributed by atoms with van der Waals surface area (Å²) in [5.41, 5.74) is 0.670. The van der Waals surface area contributed by atoms with Gasteiger partial charge in [-0.15, -0.1) is 0 Å². The number of hydrogen-bond acceptors (Lipinski definition) is 4. The number of hydrogen-bond donors (Lipinski definition) is 1. The molecule has 1 heterocycles. The molecular formula is C19H27N3O3. The van der Waals surface area contributed by atoms with E-state index in [1.54, 1.807) is 0 Å². The third kappa shape index (κ3) is 4.12. The standard InChI is InChI=1S/C19H27N3O3/c1-3-21-9-11-22(12-10-21)19(24)15-13-14(15)18(23)20-16-7-5-6-8-17(16)25-4-2/h5-8,14-15H,3-4,9-13H2,1-2H3,(H,20,23). The van der Waals surface area contributed by atoms with E-state index in [-0.39, 0.29) is 23.7 Å². The van der Waals surface area contributed by atoms with Crippen LogP contribution in [0.4, 0.5) is 5.69 Å². The van der Waals surface area contributed by atoms with Crippen LogP contribution < -0.4 is 10.1 Å². The van der Waals surface area contributed by atoms with E-state index in [0.717, 1.165) is 32.7 Å². The number of ether oxygens (including phenoxy) is 1. The van der Waals surface area contributed by atoms with E-state index in [0.29, 0.717) is 24.5 Å². The van der Waals surface area contributed by atoms with Crippen molar-refractivity contribution in [3.8, 4) is 5.75 Å². The Bertz CT molecular complexity index is 626. The molecule has 1 aromatic carbocycles. The Balaban J connectivity index is 1.53. The van der Waals surface area contributed by atoms with E-state index in [9.17, 15) is 9.59 Å². The number of amides is 2. The molecule has 3 rings (SSSR count). The summed E-state index contributed by atoms with van der Waals surface area (Å²) in [5, 5.41) is 2.92. The number of nitrogens with zero attached hydrogens (tertiary/aromatic N) is 2. The van der Waals surface area contributed by atoms with Crippen LogP contribution in [0.15, 0.2) is 24.3 Å². The molecule has 6 heteroatoms. The number of likely N-dealkylation sites (N-methyl/N-ethyl adjacent to an activating group) is 1. The molecule has 1 N–H and O–H groups in total. The van der Waals surface area contributed by atoms with Crippen LogP contribution in [0.2, 0.25) is 0 Å². The van der Waals surface area contributed by atoms with Gasteiger partial charge >= 0.3 is 0 Å². The fourth-order valence-electron chi connectivity index (χ4n) is 3.35. The van der Waals surface area contributed by atoms with Gasteiger partial charge in [0.05, 0.1) is 24.1 Å². The molecule has 1 aromatic rings. The maximum atomic E-state index is 12.6. The lowest BCUT2D eigenvalue weighted by Crippen LogP contribution is -2.49. The highest BCUT2D eigenvalue weighted by atomic mass is 16.5. The zero-order valence-electron chi connectivity index (χ0n) is 15.0. The predicted molar refractivity (Wildman–Crippen MR) is 96.5 cm³/mol. The van der Waals surface area contributed by atoms with Gasteiger partial charge in [0.2, 0.25) is 11.8 Å². The number of carbonyl (C=O) groups is 2. The third-order valence-corrected chi connectivity index (χ3v) is 5.02. The highest BCUT2D eigenvalue weighted by Crippen LogP contribution is 2.41. The fourth-order valence-corrected chi connectivity index (χ4v) is 3.35. The second-order valence-electron chi connectivity index (χ2n) is 6.63. The van der Waals surface area contributed by atoms with Gasteiger partial charge in [-0.2, -0.15) is 0 Å². The van der Waals surface area contributed by atoms with Crippen molar-refractivity contribution >= 4 is 17.5 Å². The SMILES string of the molecule is CCOc1ccccc1NC(=O)C1CC1C(=O)N1CCN(CC)CC1. The summed E-state index contributed by atoms with van der Waals surface area (Å²) < 4.78 is 5.53. The lowest BCUT2D eigenvalue weighted by atomic mass is 10.2. The molecule has 1 saturated heterocycles. The number of anilines is 1. The van der Waals surface area contributed by atoms with Gasteiger partial charge in [-0.1, -0.05) is 19.1 Å². The average Bonchev–Trinajstić information content (AvgIpc) is 3.44. The summed E-state index contributed by atoms with van der Waals surface area (Å²) in [6.07, 6.45) is 0.648. The minimum Gasteiger partial charge on any atom is -0.492 e. The number of rotatable bonds is 6. The van der Waals surface area contributed by atoms with Crippen molar-refractivity contribution in [3.05, 3.63) is 24.3 Å². The minimum absolute atomic E-state index is 0.0855. The molecule has 0 spiro atoms. The molecule has 25 heavy (non-hydrogen) atoms. The predicted octanol–water partition coefficient (Wildman–Crippen LogP) is 1.82. The largest absolute Gasteiger partial charge is 0.492 e. The first-order valence-corrected chi connectivity index (χ1v) is 9.17. The van der Waals surface area contributed by atoms with Crippen molar-refractivity contribution in [2.45, 2.75) is 20.3 Å². The maximum absolute atomic E-state index is 12.6. The number of carbonyl (C=O) groups excluding carboxylic acids is 2. The van der Waals surface area contributed by atoms with Crippen molar-refractivity contribution in [1.82, 2.24) is 9.80 Å². The van der Waals surface area contributed by atoms with Gasteiger partial charge in [0, 0.05) is 26.2 Å². The van der Waals surface area contributed by atoms with Crippen LogP contribution in [-0.2, 0) is 9.59 Å². The van der Waals surface area contributed by atoms with Gasteiger partial charge in [0.25, 0.3) is 0 Å². The molecule has 1 saturated carbocycles. The third-order valence-electron chi connectivity index (χ3n) is 5.02. The van der Waals surface area contributed by atoms with E-state index in [1.165, 1.54) is 0 Å². The second kappa shape index (κ2) is 7.87. The monoisotopic (exact) mass is 345 g/mol. The molecule has 136 valence electrons. The van der Waals surface area contributed by atoms with Crippen LogP contribution in [0.5, 0.6) is 5.75 Å². The first-order chi connectivity index (χ1) is 12.1. The molecule has 0 bridgehead atoms. The molecule has 6 nitrogen and oxygen atoms in total. The molecule has 0 aromatic heterocycles. The highest BCUT2D eigenvalue weighted by molar-refractivity contribution is 6.00. The Morgan fingerprint density at radius 3 is 2.52 bits per heavy atom. The summed E-state index contributed by atoms with van der Waals surface area (Å²) >= 11 is 0. The Morgan fingerprint density at radius 2 is 1.84 bits per heavy atom. The molecule has 2 aliphatic rings. The first kappa shape index (κ1) is 17.7. The number of nitrogens with one attached hydrogen (secondary N) is 1. The molecule has 1 aliphatic carbocycles. The van der Waals surface area contributed by atoms with Crippen LogP contribution >= 0.6 is 0 Å². The van der Waals surface area contributed by atoms with E-state index in [1.807, 2.05) is 36.1 Å². The van der Waals surface area contributed by atoms with E-state index in [4.69, 9.17) is 4.74 Å². The zero-order valence-corrected chi connectivity index (χ0v) is 15.0. The maximum Gasteiger partial charge on any atom is 0.228 e. The van der Waals surface area contributed by atoms with Crippen molar-refractivity contribution in [1.29, 1.82) is 0 Å². The zero-order chi connectivity index (χ0) is 17.8. The van der Waals surface area contributed by atoms with Crippen LogP contribution in [0.25, 0.3) is 0 Å². The molecule has 1 aliphatic heterocycles. The molecule has 2 unspecified atom stereocenters. The van der Waals surface area contributed by atoms with Crippen molar-refractivity contribution in [2.75, 3.05) is 44.6 Å². The number of benzene rings is 1. The molecule has 2 atom stereocenters. The van der Waals surface area contributed by atoms with Crippen LogP contribution in [0.3, 0.4) is 0 Å². The summed E-state index contributed by atoms with van der Waals surface area (Å²) in [7, 11) is 0. The first-order valence-electron chi connectivity index (χ1n) is 9.17. The number of piperazine rings is 1. The smallest absolute Gasteiger partial charge is 0.228 e. The van der Waals surface area contributed by atoms with Crippen LogP contribution in [0.1, 0.15) is 20.3 Å². The topological polar surface area (TPSA) is 61.9 Å². The summed E-state index contributed by atoms with van der Waals surface area (Å²) in [6.45, 7) is 9.00. The van der Waals surface area contributed by atoms with Gasteiger partial charge in [-0.05, 0) is 32.0 Å². The Morgan fingerprint density at radius 1 is 1.12 bits per heavy atom. The van der Waals surface area contributed by atoms with Gasteiger partial charge in [0.1, 0.15) is 5.75 Å². The normalized spacial score (nSPS) is 23.2. The van der Waals surface area contributed by atoms with E-state index >= 15 is 0 Å². The Labute approximate surface area is 149 Å². The Hall–Kier alpha value is -2.08. The molecule has 2 fully saturated rings.